The topological polar surface area (TPSA) is 102 Å². The van der Waals surface area contributed by atoms with Crippen molar-refractivity contribution < 1.29 is 38.1 Å². The molecule has 0 radical (unpaired) electrons. The number of rotatable bonds is 5. The van der Waals surface area contributed by atoms with Crippen molar-refractivity contribution >= 4 is 28.8 Å². The molecule has 2 aromatic rings. The van der Waals surface area contributed by atoms with Crippen LogP contribution in [0.4, 0.5) is 0 Å². The lowest BCUT2D eigenvalue weighted by Gasteiger charge is -2.41. The largest absolute Gasteiger partial charge is 0.496 e. The van der Waals surface area contributed by atoms with Gasteiger partial charge in [-0.3, -0.25) is 14.4 Å². The van der Waals surface area contributed by atoms with Gasteiger partial charge in [-0.2, -0.15) is 0 Å². The molecule has 2 heterocycles. The van der Waals surface area contributed by atoms with E-state index in [9.17, 15) is 14.4 Å². The molecule has 0 spiro atoms. The zero-order valence-electron chi connectivity index (χ0n) is 16.6. The second-order valence-corrected chi connectivity index (χ2v) is 6.64. The minimum absolute atomic E-state index is 0.0381. The molecule has 1 aliphatic heterocycles. The number of nitrogens with zero attached hydrogens (tertiary/aromatic N) is 1. The van der Waals surface area contributed by atoms with Gasteiger partial charge in [0.25, 0.3) is 0 Å². The predicted octanol–water partition coefficient (Wildman–Crippen LogP) is 1.97. The van der Waals surface area contributed by atoms with E-state index in [0.29, 0.717) is 5.75 Å². The van der Waals surface area contributed by atoms with Crippen molar-refractivity contribution in [3.8, 4) is 5.75 Å². The van der Waals surface area contributed by atoms with Gasteiger partial charge in [0.15, 0.2) is 24.5 Å². The van der Waals surface area contributed by atoms with Gasteiger partial charge >= 0.3 is 17.9 Å². The first-order valence-electron chi connectivity index (χ1n) is 9.08. The number of esters is 3. The van der Waals surface area contributed by atoms with E-state index in [1.807, 2.05) is 24.3 Å². The highest BCUT2D eigenvalue weighted by Gasteiger charge is 2.47. The maximum Gasteiger partial charge on any atom is 0.303 e. The Bertz CT molecular complexity index is 920. The molecule has 3 rings (SSSR count). The molecule has 29 heavy (non-hydrogen) atoms. The average molecular weight is 405 g/mol. The maximum absolute atomic E-state index is 11.8. The third kappa shape index (κ3) is 4.34. The van der Waals surface area contributed by atoms with E-state index in [4.69, 9.17) is 23.7 Å². The maximum atomic E-state index is 11.8. The van der Waals surface area contributed by atoms with Gasteiger partial charge in [-0.15, -0.1) is 0 Å². The minimum Gasteiger partial charge on any atom is -0.496 e. The molecule has 9 heteroatoms. The number of hydrogen-bond donors (Lipinski definition) is 0. The summed E-state index contributed by atoms with van der Waals surface area (Å²) in [6.07, 6.45) is -2.00. The van der Waals surface area contributed by atoms with E-state index in [2.05, 4.69) is 0 Å². The Hall–Kier alpha value is -3.07. The Kier molecular flexibility index (Phi) is 6.07. The molecule has 4 atom stereocenters. The third-order valence-electron chi connectivity index (χ3n) is 4.54. The fourth-order valence-corrected chi connectivity index (χ4v) is 3.52. The molecule has 1 saturated heterocycles. The van der Waals surface area contributed by atoms with Gasteiger partial charge in [0.2, 0.25) is 0 Å². The summed E-state index contributed by atoms with van der Waals surface area (Å²) < 4.78 is 29.2. The van der Waals surface area contributed by atoms with Crippen molar-refractivity contribution in [1.29, 1.82) is 0 Å². The molecule has 9 nitrogen and oxygen atoms in total. The van der Waals surface area contributed by atoms with Crippen LogP contribution >= 0.6 is 0 Å². The number of ether oxygens (including phenoxy) is 5. The number of benzene rings is 1. The lowest BCUT2D eigenvalue weighted by Crippen LogP contribution is -2.55. The number of fused-ring (bicyclic) bond motifs is 1. The molecule has 1 fully saturated rings. The normalized spacial score (nSPS) is 24.0. The summed E-state index contributed by atoms with van der Waals surface area (Å²) in [5.41, 5.74) is 0.777. The lowest BCUT2D eigenvalue weighted by atomic mass is 10.0. The molecule has 1 aromatic heterocycles. The fraction of sp³-hybridized carbons (Fsp3) is 0.450. The summed E-state index contributed by atoms with van der Waals surface area (Å²) in [5.74, 6) is -1.07. The van der Waals surface area contributed by atoms with Gasteiger partial charge in [0.05, 0.1) is 19.2 Å². The summed E-state index contributed by atoms with van der Waals surface area (Å²) in [6, 6.07) is 7.37. The molecule has 0 saturated carbocycles. The van der Waals surface area contributed by atoms with Crippen LogP contribution in [0.15, 0.2) is 30.5 Å². The smallest absolute Gasteiger partial charge is 0.303 e. The lowest BCUT2D eigenvalue weighted by molar-refractivity contribution is -0.239. The zero-order valence-corrected chi connectivity index (χ0v) is 16.6. The van der Waals surface area contributed by atoms with Crippen molar-refractivity contribution in [2.24, 2.45) is 0 Å². The molecule has 0 unspecified atom stereocenters. The third-order valence-corrected chi connectivity index (χ3v) is 4.54. The zero-order chi connectivity index (χ0) is 21.1. The van der Waals surface area contributed by atoms with Gasteiger partial charge < -0.3 is 28.3 Å². The van der Waals surface area contributed by atoms with Crippen LogP contribution in [0.3, 0.4) is 0 Å². The average Bonchev–Trinajstić information content (AvgIpc) is 3.07. The minimum atomic E-state index is -1.03. The van der Waals surface area contributed by atoms with Gasteiger partial charge in [-0.1, -0.05) is 6.07 Å². The Morgan fingerprint density at radius 1 is 0.966 bits per heavy atom. The number of hydrogen-bond acceptors (Lipinski definition) is 8. The van der Waals surface area contributed by atoms with Crippen molar-refractivity contribution in [1.82, 2.24) is 4.57 Å². The van der Waals surface area contributed by atoms with Crippen molar-refractivity contribution in [2.45, 2.75) is 45.3 Å². The van der Waals surface area contributed by atoms with E-state index in [1.165, 1.54) is 20.8 Å². The highest BCUT2D eigenvalue weighted by Crippen LogP contribution is 2.35. The summed E-state index contributed by atoms with van der Waals surface area (Å²) in [4.78, 5) is 35.0. The SMILES string of the molecule is COc1cccc2c1ccn2[C@@H]1OC[C@@H](OC(C)=O)[C@H](OC(C)=O)[C@H]1OC(C)=O. The van der Waals surface area contributed by atoms with Gasteiger partial charge in [-0.05, 0) is 18.2 Å². The standard InChI is InChI=1S/C20H23NO8/c1-11(22)27-17-10-26-20(19(29-13(3)24)18(17)28-12(2)23)21-9-8-14-15(21)6-5-7-16(14)25-4/h5-9,17-20H,10H2,1-4H3/t17-,18+,19-,20-/m1/s1. The van der Waals surface area contributed by atoms with Crippen molar-refractivity contribution in [3.63, 3.8) is 0 Å². The van der Waals surface area contributed by atoms with Gasteiger partial charge in [0.1, 0.15) is 5.75 Å². The molecule has 156 valence electrons. The highest BCUT2D eigenvalue weighted by molar-refractivity contribution is 5.86. The van der Waals surface area contributed by atoms with E-state index < -0.39 is 42.4 Å². The molecule has 0 bridgehead atoms. The molecule has 0 N–H and O–H groups in total. The van der Waals surface area contributed by atoms with Crippen LogP contribution < -0.4 is 4.74 Å². The van der Waals surface area contributed by atoms with E-state index >= 15 is 0 Å². The number of carbonyl (C=O) groups is 3. The van der Waals surface area contributed by atoms with Crippen LogP contribution in [-0.4, -0.2) is 54.5 Å². The first kappa shape index (κ1) is 20.7. The fourth-order valence-electron chi connectivity index (χ4n) is 3.52. The van der Waals surface area contributed by atoms with Crippen LogP contribution in [0.5, 0.6) is 5.75 Å². The van der Waals surface area contributed by atoms with Crippen molar-refractivity contribution in [2.75, 3.05) is 13.7 Å². The van der Waals surface area contributed by atoms with E-state index in [1.54, 1.807) is 17.9 Å². The Morgan fingerprint density at radius 2 is 1.62 bits per heavy atom. The predicted molar refractivity (Wildman–Crippen MR) is 100 cm³/mol. The van der Waals surface area contributed by atoms with Crippen LogP contribution in [0.25, 0.3) is 10.9 Å². The van der Waals surface area contributed by atoms with E-state index in [-0.39, 0.29) is 6.61 Å². The first-order chi connectivity index (χ1) is 13.8. The Morgan fingerprint density at radius 3 is 2.24 bits per heavy atom. The molecule has 0 amide bonds. The molecular weight excluding hydrogens is 382 g/mol. The van der Waals surface area contributed by atoms with Crippen LogP contribution in [0.1, 0.15) is 27.0 Å². The second-order valence-electron chi connectivity index (χ2n) is 6.64. The number of carbonyl (C=O) groups excluding carboxylic acids is 3. The molecule has 0 aliphatic carbocycles. The van der Waals surface area contributed by atoms with Crippen LogP contribution in [0.2, 0.25) is 0 Å². The van der Waals surface area contributed by atoms with Crippen LogP contribution in [-0.2, 0) is 33.3 Å². The summed E-state index contributed by atoms with van der Waals surface area (Å²) in [6.45, 7) is 3.68. The van der Waals surface area contributed by atoms with Crippen LogP contribution in [0, 0.1) is 0 Å². The van der Waals surface area contributed by atoms with Gasteiger partial charge in [0, 0.05) is 32.4 Å². The van der Waals surface area contributed by atoms with Gasteiger partial charge in [-0.25, -0.2) is 0 Å². The summed E-state index contributed by atoms with van der Waals surface area (Å²) >= 11 is 0. The highest BCUT2D eigenvalue weighted by atomic mass is 16.6. The summed E-state index contributed by atoms with van der Waals surface area (Å²) in [5, 5.41) is 0.839. The monoisotopic (exact) mass is 405 g/mol. The Balaban J connectivity index is 2.04. The summed E-state index contributed by atoms with van der Waals surface area (Å²) in [7, 11) is 1.57. The number of aromatic nitrogens is 1. The first-order valence-corrected chi connectivity index (χ1v) is 9.08. The van der Waals surface area contributed by atoms with Crippen molar-refractivity contribution in [3.05, 3.63) is 30.5 Å². The van der Waals surface area contributed by atoms with E-state index in [0.717, 1.165) is 10.9 Å². The molecular formula is C20H23NO8. The molecule has 1 aromatic carbocycles. The quantitative estimate of drug-likeness (QED) is 0.550. The molecule has 1 aliphatic rings. The number of methoxy groups -OCH3 is 1. The Labute approximate surface area is 167 Å². The second kappa shape index (κ2) is 8.52.